The van der Waals surface area contributed by atoms with E-state index in [1.165, 1.54) is 33.4 Å². The van der Waals surface area contributed by atoms with Crippen LogP contribution in [-0.2, 0) is 25.7 Å². The second-order valence-electron chi connectivity index (χ2n) is 7.93. The first kappa shape index (κ1) is 21.0. The number of hydrogen-bond donors (Lipinski definition) is 0. The molecule has 32 heavy (non-hydrogen) atoms. The molecule has 0 saturated heterocycles. The Balaban J connectivity index is 1.32. The van der Waals surface area contributed by atoms with Crippen molar-refractivity contribution in [2.75, 3.05) is 0 Å². The van der Waals surface area contributed by atoms with E-state index in [2.05, 4.69) is 58.5 Å². The molecule has 0 fully saturated rings. The van der Waals surface area contributed by atoms with Crippen molar-refractivity contribution in [3.8, 4) is 11.1 Å². The number of rotatable bonds is 7. The quantitative estimate of drug-likeness (QED) is 0.288. The van der Waals surface area contributed by atoms with Crippen LogP contribution in [0, 0.1) is 10.8 Å². The summed E-state index contributed by atoms with van der Waals surface area (Å²) < 4.78 is 0. The van der Waals surface area contributed by atoms with Crippen molar-refractivity contribution in [1.29, 1.82) is 10.8 Å². The van der Waals surface area contributed by atoms with Crippen molar-refractivity contribution in [2.45, 2.75) is 25.7 Å². The number of nitrogens with zero attached hydrogens (tertiary/aromatic N) is 4. The highest BCUT2D eigenvalue weighted by Gasteiger charge is 2.05. The van der Waals surface area contributed by atoms with Crippen LogP contribution >= 0.6 is 0 Å². The van der Waals surface area contributed by atoms with E-state index in [1.807, 2.05) is 48.5 Å². The van der Waals surface area contributed by atoms with Gasteiger partial charge in [-0.2, -0.15) is 0 Å². The molecule has 0 N–H and O–H groups in total. The Labute approximate surface area is 188 Å². The van der Waals surface area contributed by atoms with Crippen LogP contribution in [-0.4, -0.2) is 0 Å². The first-order valence-electron chi connectivity index (χ1n) is 10.8. The molecule has 0 aliphatic rings. The zero-order valence-electron chi connectivity index (χ0n) is 17.9. The molecule has 4 nitrogen and oxygen atoms in total. The third-order valence-electron chi connectivity index (χ3n) is 5.75. The average molecular weight is 417 g/mol. The lowest BCUT2D eigenvalue weighted by Crippen LogP contribution is -1.92. The molecule has 4 aromatic rings. The molecule has 0 bridgehead atoms. The first-order valence-corrected chi connectivity index (χ1v) is 10.8. The van der Waals surface area contributed by atoms with Crippen LogP contribution in [0.4, 0.5) is 11.4 Å². The van der Waals surface area contributed by atoms with Gasteiger partial charge in [-0.15, -0.1) is 0 Å². The zero-order valence-corrected chi connectivity index (χ0v) is 17.9. The van der Waals surface area contributed by atoms with E-state index in [-0.39, 0.29) is 0 Å². The summed E-state index contributed by atoms with van der Waals surface area (Å²) in [5.41, 5.74) is 8.68. The Morgan fingerprint density at radius 1 is 0.375 bits per heavy atom. The predicted octanol–water partition coefficient (Wildman–Crippen LogP) is 7.89. The molecule has 0 saturated carbocycles. The van der Waals surface area contributed by atoms with Crippen LogP contribution in [0.25, 0.3) is 21.1 Å². The van der Waals surface area contributed by atoms with Crippen LogP contribution in [0.3, 0.4) is 0 Å². The van der Waals surface area contributed by atoms with Gasteiger partial charge in [-0.1, -0.05) is 72.8 Å². The Kier molecular flexibility index (Phi) is 6.66. The van der Waals surface area contributed by atoms with Crippen molar-refractivity contribution in [1.82, 2.24) is 0 Å². The Morgan fingerprint density at radius 3 is 0.875 bits per heavy atom. The highest BCUT2D eigenvalue weighted by atomic mass is 14.8. The Morgan fingerprint density at radius 2 is 0.625 bits per heavy atom. The van der Waals surface area contributed by atoms with E-state index in [0.717, 1.165) is 25.7 Å². The fourth-order valence-corrected chi connectivity index (χ4v) is 3.76. The Hall–Kier alpha value is -4.28. The van der Waals surface area contributed by atoms with Crippen LogP contribution in [0.5, 0.6) is 0 Å². The van der Waals surface area contributed by atoms with Crippen molar-refractivity contribution < 1.29 is 0 Å². The molecule has 0 aliphatic heterocycles. The van der Waals surface area contributed by atoms with E-state index in [1.54, 1.807) is 0 Å². The minimum absolute atomic E-state index is 0.581. The molecule has 0 aromatic heterocycles. The van der Waals surface area contributed by atoms with Gasteiger partial charge in [0.25, 0.3) is 0 Å². The zero-order chi connectivity index (χ0) is 22.2. The van der Waals surface area contributed by atoms with Crippen LogP contribution < -0.4 is 0 Å². The van der Waals surface area contributed by atoms with Gasteiger partial charge < -0.3 is 0 Å². The minimum atomic E-state index is 0.581. The number of hydrogen-bond acceptors (Lipinski definition) is 2. The second kappa shape index (κ2) is 10.2. The fraction of sp³-hybridized carbons (Fsp3) is 0.143. The smallest absolute Gasteiger partial charge is 0.0584 e. The molecule has 0 heterocycles. The minimum Gasteiger partial charge on any atom is -0.0584 e. The summed E-state index contributed by atoms with van der Waals surface area (Å²) >= 11 is 0. The maximum atomic E-state index is 8.78. The van der Waals surface area contributed by atoms with E-state index < -0.39 is 0 Å². The van der Waals surface area contributed by atoms with Gasteiger partial charge in [0.1, 0.15) is 0 Å². The second-order valence-corrected chi connectivity index (χ2v) is 7.93. The van der Waals surface area contributed by atoms with Crippen molar-refractivity contribution in [2.24, 2.45) is 0 Å². The van der Waals surface area contributed by atoms with E-state index in [4.69, 9.17) is 10.8 Å². The first-order chi connectivity index (χ1) is 15.7. The van der Waals surface area contributed by atoms with Crippen LogP contribution in [0.1, 0.15) is 22.3 Å². The highest BCUT2D eigenvalue weighted by Crippen LogP contribution is 2.22. The summed E-state index contributed by atoms with van der Waals surface area (Å²) in [6.45, 7) is 0. The molecule has 0 amide bonds. The van der Waals surface area contributed by atoms with Crippen LogP contribution in [0.15, 0.2) is 97.1 Å². The lowest BCUT2D eigenvalue weighted by Gasteiger charge is -2.07. The summed E-state index contributed by atoms with van der Waals surface area (Å²) in [4.78, 5) is 6.39. The van der Waals surface area contributed by atoms with E-state index in [9.17, 15) is 0 Å². The monoisotopic (exact) mass is 416 g/mol. The van der Waals surface area contributed by atoms with Gasteiger partial charge in [0.2, 0.25) is 10.8 Å². The van der Waals surface area contributed by atoms with Crippen molar-refractivity contribution in [3.63, 3.8) is 0 Å². The van der Waals surface area contributed by atoms with Gasteiger partial charge >= 0.3 is 11.4 Å². The van der Waals surface area contributed by atoms with Crippen LogP contribution in [0.2, 0.25) is 0 Å². The molecule has 0 unspecified atom stereocenters. The fourth-order valence-electron chi connectivity index (χ4n) is 3.76. The van der Waals surface area contributed by atoms with Gasteiger partial charge in [-0.25, -0.2) is 0 Å². The SMILES string of the molecule is N#[N+]c1ccc(CCc2ccc(-c3ccc(CCc4ccc([N+]#N)cc4)cc3)cc2)cc1. The van der Waals surface area contributed by atoms with Crippen molar-refractivity contribution >= 4 is 11.4 Å². The van der Waals surface area contributed by atoms with E-state index in [0.29, 0.717) is 11.4 Å². The van der Waals surface area contributed by atoms with Gasteiger partial charge in [0.15, 0.2) is 9.95 Å². The predicted molar refractivity (Wildman–Crippen MR) is 129 cm³/mol. The number of benzene rings is 4. The summed E-state index contributed by atoms with van der Waals surface area (Å²) in [6.07, 6.45) is 3.86. The molecule has 4 aromatic carbocycles. The molecule has 4 rings (SSSR count). The molecular weight excluding hydrogens is 392 g/mol. The van der Waals surface area contributed by atoms with E-state index >= 15 is 0 Å². The third-order valence-corrected chi connectivity index (χ3v) is 5.75. The molecule has 154 valence electrons. The standard InChI is InChI=1S/C28H24N4/c29-31-27-17-9-23(10-18-27)3-1-21-5-13-25(14-6-21)26-15-7-22(8-16-26)2-4-24-11-19-28(32-30)20-12-24/h5-20H,1-4H2/q+2. The molecule has 0 radical (unpaired) electrons. The number of aryl methyl sites for hydroxylation is 4. The maximum absolute atomic E-state index is 8.78. The topological polar surface area (TPSA) is 56.3 Å². The lowest BCUT2D eigenvalue weighted by atomic mass is 9.98. The van der Waals surface area contributed by atoms with Gasteiger partial charge in [-0.3, -0.25) is 0 Å². The highest BCUT2D eigenvalue weighted by molar-refractivity contribution is 5.64. The lowest BCUT2D eigenvalue weighted by molar-refractivity contribution is 0.960. The molecule has 4 heteroatoms. The summed E-state index contributed by atoms with van der Waals surface area (Å²) in [5.74, 6) is 0. The normalized spacial score (nSPS) is 10.3. The van der Waals surface area contributed by atoms with Gasteiger partial charge in [0.05, 0.1) is 0 Å². The molecule has 0 aliphatic carbocycles. The summed E-state index contributed by atoms with van der Waals surface area (Å²) in [7, 11) is 0. The summed E-state index contributed by atoms with van der Waals surface area (Å²) in [6, 6.07) is 32.9. The maximum Gasteiger partial charge on any atom is 0.385 e. The van der Waals surface area contributed by atoms with Gasteiger partial charge in [0, 0.05) is 24.3 Å². The van der Waals surface area contributed by atoms with Crippen molar-refractivity contribution in [3.05, 3.63) is 129 Å². The summed E-state index contributed by atoms with van der Waals surface area (Å²) in [5, 5.41) is 17.6. The largest absolute Gasteiger partial charge is 0.385 e. The molecular formula is C28H24N4+2. The Bertz CT molecular complexity index is 1140. The molecule has 0 spiro atoms. The third kappa shape index (κ3) is 5.45. The van der Waals surface area contributed by atoms with Gasteiger partial charge in [-0.05, 0) is 59.1 Å². The average Bonchev–Trinajstić information content (AvgIpc) is 2.87. The molecule has 0 atom stereocenters. The number of diazo groups is 2.